The van der Waals surface area contributed by atoms with Gasteiger partial charge < -0.3 is 10.1 Å². The lowest BCUT2D eigenvalue weighted by molar-refractivity contribution is -0.125. The predicted molar refractivity (Wildman–Crippen MR) is 101 cm³/mol. The average Bonchev–Trinajstić information content (AvgIpc) is 2.64. The minimum absolute atomic E-state index is 0.141. The average molecular weight is 354 g/mol. The fraction of sp³-hybridized carbons (Fsp3) is 0.381. The van der Waals surface area contributed by atoms with E-state index in [1.807, 2.05) is 26.0 Å². The van der Waals surface area contributed by atoms with E-state index in [1.54, 1.807) is 18.2 Å². The van der Waals surface area contributed by atoms with Gasteiger partial charge in [0.05, 0.1) is 6.04 Å². The number of benzene rings is 1. The van der Waals surface area contributed by atoms with Crippen LogP contribution in [0.1, 0.15) is 61.3 Å². The van der Waals surface area contributed by atoms with Crippen LogP contribution in [0.15, 0.2) is 48.7 Å². The Balaban J connectivity index is 1.96. The molecule has 0 fully saturated rings. The second-order valence-corrected chi connectivity index (χ2v) is 6.90. The third-order valence-corrected chi connectivity index (χ3v) is 4.15. The van der Waals surface area contributed by atoms with Crippen LogP contribution in [0.2, 0.25) is 0 Å². The summed E-state index contributed by atoms with van der Waals surface area (Å²) < 4.78 is 5.04. The van der Waals surface area contributed by atoms with Gasteiger partial charge in [-0.05, 0) is 35.1 Å². The number of ether oxygens (including phenoxy) is 1. The third kappa shape index (κ3) is 5.41. The molecule has 1 amide bonds. The van der Waals surface area contributed by atoms with Crippen molar-refractivity contribution in [1.29, 1.82) is 0 Å². The SMILES string of the molecule is CC(C)c1ccc([C@H](NC(=O)COC(=O)c2ccccn2)C(C)C)cc1. The summed E-state index contributed by atoms with van der Waals surface area (Å²) in [5.41, 5.74) is 2.48. The molecule has 0 radical (unpaired) electrons. The number of aromatic nitrogens is 1. The van der Waals surface area contributed by atoms with Gasteiger partial charge >= 0.3 is 5.97 Å². The summed E-state index contributed by atoms with van der Waals surface area (Å²) >= 11 is 0. The van der Waals surface area contributed by atoms with Gasteiger partial charge in [0.25, 0.3) is 5.91 Å². The lowest BCUT2D eigenvalue weighted by Crippen LogP contribution is -2.35. The molecule has 0 aliphatic rings. The van der Waals surface area contributed by atoms with E-state index in [0.29, 0.717) is 5.92 Å². The quantitative estimate of drug-likeness (QED) is 0.766. The highest BCUT2D eigenvalue weighted by atomic mass is 16.5. The van der Waals surface area contributed by atoms with Gasteiger partial charge in [-0.15, -0.1) is 0 Å². The second kappa shape index (κ2) is 9.13. The summed E-state index contributed by atoms with van der Waals surface area (Å²) in [6.07, 6.45) is 1.51. The number of nitrogens with one attached hydrogen (secondary N) is 1. The van der Waals surface area contributed by atoms with E-state index in [-0.39, 0.29) is 30.2 Å². The number of carbonyl (C=O) groups excluding carboxylic acids is 2. The maximum absolute atomic E-state index is 12.2. The largest absolute Gasteiger partial charge is 0.451 e. The maximum atomic E-state index is 12.2. The van der Waals surface area contributed by atoms with Gasteiger partial charge in [0.2, 0.25) is 0 Å². The van der Waals surface area contributed by atoms with E-state index >= 15 is 0 Å². The topological polar surface area (TPSA) is 68.3 Å². The number of carbonyl (C=O) groups is 2. The zero-order valence-corrected chi connectivity index (χ0v) is 15.7. The highest BCUT2D eigenvalue weighted by Crippen LogP contribution is 2.24. The van der Waals surface area contributed by atoms with Gasteiger partial charge in [-0.1, -0.05) is 58.0 Å². The summed E-state index contributed by atoms with van der Waals surface area (Å²) in [6, 6.07) is 13.1. The molecule has 2 rings (SSSR count). The van der Waals surface area contributed by atoms with Gasteiger partial charge in [0.15, 0.2) is 6.61 Å². The number of hydrogen-bond donors (Lipinski definition) is 1. The van der Waals surface area contributed by atoms with Crippen molar-refractivity contribution in [2.24, 2.45) is 5.92 Å². The molecule has 0 unspecified atom stereocenters. The van der Waals surface area contributed by atoms with Gasteiger partial charge in [-0.25, -0.2) is 9.78 Å². The minimum Gasteiger partial charge on any atom is -0.451 e. The van der Waals surface area contributed by atoms with E-state index in [1.165, 1.54) is 11.8 Å². The molecule has 1 aromatic heterocycles. The first-order chi connectivity index (χ1) is 12.4. The Kier molecular flexibility index (Phi) is 6.89. The van der Waals surface area contributed by atoms with Gasteiger partial charge in [-0.3, -0.25) is 4.79 Å². The van der Waals surface area contributed by atoms with Crippen LogP contribution >= 0.6 is 0 Å². The highest BCUT2D eigenvalue weighted by Gasteiger charge is 2.19. The zero-order valence-electron chi connectivity index (χ0n) is 15.7. The number of hydrogen-bond acceptors (Lipinski definition) is 4. The van der Waals surface area contributed by atoms with Crippen molar-refractivity contribution in [1.82, 2.24) is 10.3 Å². The van der Waals surface area contributed by atoms with Crippen LogP contribution in [-0.4, -0.2) is 23.5 Å². The monoisotopic (exact) mass is 354 g/mol. The van der Waals surface area contributed by atoms with E-state index in [9.17, 15) is 9.59 Å². The lowest BCUT2D eigenvalue weighted by atomic mass is 9.93. The predicted octanol–water partition coefficient (Wildman–Crippen LogP) is 3.88. The van der Waals surface area contributed by atoms with Crippen LogP contribution in [0, 0.1) is 5.92 Å². The van der Waals surface area contributed by atoms with Crippen LogP contribution < -0.4 is 5.32 Å². The maximum Gasteiger partial charge on any atom is 0.357 e. The Morgan fingerprint density at radius 1 is 1.00 bits per heavy atom. The van der Waals surface area contributed by atoms with Crippen LogP contribution in [0.5, 0.6) is 0 Å². The third-order valence-electron chi connectivity index (χ3n) is 4.15. The summed E-state index contributed by atoms with van der Waals surface area (Å²) in [5.74, 6) is -0.276. The van der Waals surface area contributed by atoms with E-state index in [0.717, 1.165) is 5.56 Å². The molecule has 0 aliphatic carbocycles. The Labute approximate surface area is 154 Å². The second-order valence-electron chi connectivity index (χ2n) is 6.90. The summed E-state index contributed by atoms with van der Waals surface area (Å²) in [6.45, 7) is 8.05. The van der Waals surface area contributed by atoms with Crippen molar-refractivity contribution in [3.05, 3.63) is 65.5 Å². The fourth-order valence-corrected chi connectivity index (χ4v) is 2.63. The first-order valence-electron chi connectivity index (χ1n) is 8.86. The zero-order chi connectivity index (χ0) is 19.1. The Hall–Kier alpha value is -2.69. The van der Waals surface area contributed by atoms with Crippen molar-refractivity contribution in [3.63, 3.8) is 0 Å². The molecule has 0 aliphatic heterocycles. The molecule has 26 heavy (non-hydrogen) atoms. The molecule has 1 N–H and O–H groups in total. The molecule has 1 aromatic carbocycles. The summed E-state index contributed by atoms with van der Waals surface area (Å²) in [4.78, 5) is 28.0. The lowest BCUT2D eigenvalue weighted by Gasteiger charge is -2.23. The van der Waals surface area contributed by atoms with Crippen molar-refractivity contribution >= 4 is 11.9 Å². The summed E-state index contributed by atoms with van der Waals surface area (Å²) in [5, 5.41) is 2.95. The van der Waals surface area contributed by atoms with Crippen molar-refractivity contribution in [2.75, 3.05) is 6.61 Å². The Morgan fingerprint density at radius 3 is 2.19 bits per heavy atom. The van der Waals surface area contributed by atoms with Crippen molar-refractivity contribution in [2.45, 2.75) is 39.7 Å². The smallest absolute Gasteiger partial charge is 0.357 e. The molecule has 1 heterocycles. The molecule has 2 aromatic rings. The number of pyridine rings is 1. The standard InChI is InChI=1S/C21H26N2O3/c1-14(2)16-8-10-17(11-9-16)20(15(3)4)23-19(24)13-26-21(25)18-7-5-6-12-22-18/h5-12,14-15,20H,13H2,1-4H3,(H,23,24)/t20-/m1/s1. The molecule has 0 spiro atoms. The number of nitrogens with zero attached hydrogens (tertiary/aromatic N) is 1. The molecular weight excluding hydrogens is 328 g/mol. The number of amides is 1. The first kappa shape index (κ1) is 19.6. The molecule has 0 saturated carbocycles. The van der Waals surface area contributed by atoms with Crippen LogP contribution in [0.4, 0.5) is 0 Å². The fourth-order valence-electron chi connectivity index (χ4n) is 2.63. The van der Waals surface area contributed by atoms with Crippen LogP contribution in [-0.2, 0) is 9.53 Å². The van der Waals surface area contributed by atoms with Gasteiger partial charge in [0, 0.05) is 6.20 Å². The molecule has 0 saturated heterocycles. The normalized spacial score (nSPS) is 12.1. The number of rotatable bonds is 7. The molecular formula is C21H26N2O3. The van der Waals surface area contributed by atoms with Gasteiger partial charge in [-0.2, -0.15) is 0 Å². The Morgan fingerprint density at radius 2 is 1.65 bits per heavy atom. The van der Waals surface area contributed by atoms with Crippen LogP contribution in [0.3, 0.4) is 0 Å². The molecule has 0 bridgehead atoms. The van der Waals surface area contributed by atoms with Crippen molar-refractivity contribution in [3.8, 4) is 0 Å². The number of esters is 1. The van der Waals surface area contributed by atoms with E-state index < -0.39 is 5.97 Å². The molecule has 5 nitrogen and oxygen atoms in total. The van der Waals surface area contributed by atoms with Crippen LogP contribution in [0.25, 0.3) is 0 Å². The van der Waals surface area contributed by atoms with Crippen molar-refractivity contribution < 1.29 is 14.3 Å². The Bertz CT molecular complexity index is 725. The highest BCUT2D eigenvalue weighted by molar-refractivity contribution is 5.89. The first-order valence-corrected chi connectivity index (χ1v) is 8.86. The van der Waals surface area contributed by atoms with Gasteiger partial charge in [0.1, 0.15) is 5.69 Å². The minimum atomic E-state index is -0.608. The molecule has 1 atom stereocenters. The van der Waals surface area contributed by atoms with E-state index in [2.05, 4.69) is 36.3 Å². The van der Waals surface area contributed by atoms with E-state index in [4.69, 9.17) is 4.74 Å². The molecule has 5 heteroatoms. The molecule has 138 valence electrons. The summed E-state index contributed by atoms with van der Waals surface area (Å²) in [7, 11) is 0.